The topological polar surface area (TPSA) is 86.5 Å². The summed E-state index contributed by atoms with van der Waals surface area (Å²) < 4.78 is 12.1. The van der Waals surface area contributed by atoms with Gasteiger partial charge in [0, 0.05) is 0 Å². The molecule has 0 aliphatic rings. The van der Waals surface area contributed by atoms with E-state index < -0.39 is 17.7 Å². The van der Waals surface area contributed by atoms with Gasteiger partial charge in [-0.2, -0.15) is 0 Å². The van der Waals surface area contributed by atoms with Crippen molar-refractivity contribution in [3.8, 4) is 0 Å². The summed E-state index contributed by atoms with van der Waals surface area (Å²) in [7, 11) is 0. The van der Waals surface area contributed by atoms with Crippen LogP contribution in [0, 0.1) is 0 Å². The Labute approximate surface area is 141 Å². The van der Waals surface area contributed by atoms with Gasteiger partial charge in [-0.15, -0.1) is 5.10 Å². The van der Waals surface area contributed by atoms with E-state index in [9.17, 15) is 9.90 Å². The van der Waals surface area contributed by atoms with Gasteiger partial charge in [-0.25, -0.2) is 9.48 Å². The number of rotatable bonds is 7. The molecule has 130 valence electrons. The Hall–Kier alpha value is -2.25. The van der Waals surface area contributed by atoms with Crippen molar-refractivity contribution in [1.29, 1.82) is 0 Å². The minimum Gasteiger partial charge on any atom is -0.455 e. The monoisotopic (exact) mass is 333 g/mol. The first-order valence-corrected chi connectivity index (χ1v) is 7.77. The predicted molar refractivity (Wildman–Crippen MR) is 87.3 cm³/mol. The predicted octanol–water partition coefficient (Wildman–Crippen LogP) is 1.81. The molecule has 0 amide bonds. The number of nitrogens with zero attached hydrogens (tertiary/aromatic N) is 3. The number of aromatic nitrogens is 3. The summed E-state index contributed by atoms with van der Waals surface area (Å²) in [5.74, 6) is -0.538. The SMILES string of the molecule is CC(C)(C)OC(=O)c1cn(C[C@H](O)COCc2ccccc2)nn1. The van der Waals surface area contributed by atoms with Gasteiger partial charge in [-0.3, -0.25) is 0 Å². The summed E-state index contributed by atoms with van der Waals surface area (Å²) in [4.78, 5) is 11.9. The summed E-state index contributed by atoms with van der Waals surface area (Å²) >= 11 is 0. The smallest absolute Gasteiger partial charge is 0.361 e. The maximum atomic E-state index is 11.9. The molecule has 0 fully saturated rings. The number of carbonyl (C=O) groups is 1. The summed E-state index contributed by atoms with van der Waals surface area (Å²) in [5, 5.41) is 17.6. The molecule has 0 bridgehead atoms. The van der Waals surface area contributed by atoms with Gasteiger partial charge in [0.2, 0.25) is 0 Å². The van der Waals surface area contributed by atoms with Gasteiger partial charge in [0.15, 0.2) is 5.69 Å². The van der Waals surface area contributed by atoms with Crippen molar-refractivity contribution < 1.29 is 19.4 Å². The first-order valence-electron chi connectivity index (χ1n) is 7.77. The molecule has 1 aromatic heterocycles. The van der Waals surface area contributed by atoms with E-state index in [1.165, 1.54) is 10.9 Å². The molecular weight excluding hydrogens is 310 g/mol. The second kappa shape index (κ2) is 8.03. The molecule has 1 N–H and O–H groups in total. The van der Waals surface area contributed by atoms with Crippen LogP contribution in [-0.2, 0) is 22.6 Å². The van der Waals surface area contributed by atoms with E-state index in [2.05, 4.69) is 10.3 Å². The van der Waals surface area contributed by atoms with Gasteiger partial charge in [0.05, 0.1) is 32.1 Å². The van der Waals surface area contributed by atoms with E-state index >= 15 is 0 Å². The molecule has 0 aliphatic heterocycles. The van der Waals surface area contributed by atoms with Gasteiger partial charge in [0.25, 0.3) is 0 Å². The van der Waals surface area contributed by atoms with Crippen LogP contribution in [0.15, 0.2) is 36.5 Å². The van der Waals surface area contributed by atoms with Gasteiger partial charge in [-0.1, -0.05) is 35.5 Å². The lowest BCUT2D eigenvalue weighted by Crippen LogP contribution is -2.24. The number of hydrogen-bond acceptors (Lipinski definition) is 6. The fraction of sp³-hybridized carbons (Fsp3) is 0.471. The van der Waals surface area contributed by atoms with Crippen molar-refractivity contribution in [1.82, 2.24) is 15.0 Å². The molecule has 0 saturated heterocycles. The Morgan fingerprint density at radius 1 is 1.29 bits per heavy atom. The van der Waals surface area contributed by atoms with Crippen molar-refractivity contribution in [2.24, 2.45) is 0 Å². The molecule has 0 unspecified atom stereocenters. The van der Waals surface area contributed by atoms with E-state index in [0.717, 1.165) is 5.56 Å². The Bertz CT molecular complexity index is 649. The van der Waals surface area contributed by atoms with Gasteiger partial charge in [0.1, 0.15) is 5.60 Å². The van der Waals surface area contributed by atoms with Crippen LogP contribution in [0.2, 0.25) is 0 Å². The molecule has 7 heteroatoms. The third-order valence-corrected chi connectivity index (χ3v) is 2.97. The zero-order valence-corrected chi connectivity index (χ0v) is 14.2. The van der Waals surface area contributed by atoms with Crippen LogP contribution < -0.4 is 0 Å². The third kappa shape index (κ3) is 6.10. The number of ether oxygens (including phenoxy) is 2. The molecule has 24 heavy (non-hydrogen) atoms. The van der Waals surface area contributed by atoms with E-state index in [-0.39, 0.29) is 18.8 Å². The fourth-order valence-corrected chi connectivity index (χ4v) is 1.97. The van der Waals surface area contributed by atoms with Gasteiger partial charge in [-0.05, 0) is 26.3 Å². The van der Waals surface area contributed by atoms with Crippen molar-refractivity contribution in [2.75, 3.05) is 6.61 Å². The van der Waals surface area contributed by atoms with Crippen LogP contribution in [0.1, 0.15) is 36.8 Å². The first-order chi connectivity index (χ1) is 11.3. The largest absolute Gasteiger partial charge is 0.455 e. The van der Waals surface area contributed by atoms with Crippen LogP contribution in [0.5, 0.6) is 0 Å². The Balaban J connectivity index is 1.78. The second-order valence-corrected chi connectivity index (χ2v) is 6.48. The molecule has 2 rings (SSSR count). The van der Waals surface area contributed by atoms with Crippen LogP contribution in [0.3, 0.4) is 0 Å². The molecular formula is C17H23N3O4. The highest BCUT2D eigenvalue weighted by Gasteiger charge is 2.20. The highest BCUT2D eigenvalue weighted by molar-refractivity contribution is 5.87. The average Bonchev–Trinajstić information content (AvgIpc) is 2.95. The van der Waals surface area contributed by atoms with E-state index in [1.807, 2.05) is 30.3 Å². The summed E-state index contributed by atoms with van der Waals surface area (Å²) in [6.45, 7) is 6.12. The lowest BCUT2D eigenvalue weighted by atomic mass is 10.2. The van der Waals surface area contributed by atoms with Crippen molar-refractivity contribution in [3.63, 3.8) is 0 Å². The van der Waals surface area contributed by atoms with E-state index in [1.54, 1.807) is 20.8 Å². The summed E-state index contributed by atoms with van der Waals surface area (Å²) in [5.41, 5.74) is 0.561. The van der Waals surface area contributed by atoms with Gasteiger partial charge < -0.3 is 14.6 Å². The molecule has 0 aliphatic carbocycles. The highest BCUT2D eigenvalue weighted by atomic mass is 16.6. The van der Waals surface area contributed by atoms with Crippen molar-refractivity contribution >= 4 is 5.97 Å². The maximum absolute atomic E-state index is 11.9. The normalized spacial score (nSPS) is 12.8. The number of aliphatic hydroxyl groups is 1. The molecule has 1 atom stereocenters. The summed E-state index contributed by atoms with van der Waals surface area (Å²) in [6, 6.07) is 9.71. The quantitative estimate of drug-likeness (QED) is 0.778. The Morgan fingerprint density at radius 2 is 2.00 bits per heavy atom. The molecule has 0 radical (unpaired) electrons. The first kappa shape index (κ1) is 18.1. The molecule has 7 nitrogen and oxygen atoms in total. The molecule has 2 aromatic rings. The molecule has 1 heterocycles. The van der Waals surface area contributed by atoms with Crippen LogP contribution in [0.25, 0.3) is 0 Å². The number of hydrogen-bond donors (Lipinski definition) is 1. The standard InChI is InChI=1S/C17H23N3O4/c1-17(2,3)24-16(22)15-10-20(19-18-15)9-14(21)12-23-11-13-7-5-4-6-8-13/h4-8,10,14,21H,9,11-12H2,1-3H3/t14-/m0/s1. The molecule has 0 spiro atoms. The minimum absolute atomic E-state index is 0.113. The van der Waals surface area contributed by atoms with Crippen LogP contribution in [-0.4, -0.2) is 44.4 Å². The van der Waals surface area contributed by atoms with Crippen LogP contribution in [0.4, 0.5) is 0 Å². The molecule has 0 saturated carbocycles. The zero-order valence-electron chi connectivity index (χ0n) is 14.2. The summed E-state index contributed by atoms with van der Waals surface area (Å²) in [6.07, 6.45) is 0.705. The number of carbonyl (C=O) groups excluding carboxylic acids is 1. The Kier molecular flexibility index (Phi) is 6.05. The second-order valence-electron chi connectivity index (χ2n) is 6.48. The third-order valence-electron chi connectivity index (χ3n) is 2.97. The average molecular weight is 333 g/mol. The van der Waals surface area contributed by atoms with Crippen LogP contribution >= 0.6 is 0 Å². The van der Waals surface area contributed by atoms with Gasteiger partial charge >= 0.3 is 5.97 Å². The van der Waals surface area contributed by atoms with E-state index in [4.69, 9.17) is 9.47 Å². The minimum atomic E-state index is -0.748. The molecule has 1 aromatic carbocycles. The van der Waals surface area contributed by atoms with E-state index in [0.29, 0.717) is 6.61 Å². The Morgan fingerprint density at radius 3 is 2.67 bits per heavy atom. The van der Waals surface area contributed by atoms with Crippen molar-refractivity contribution in [3.05, 3.63) is 47.8 Å². The number of esters is 1. The fourth-order valence-electron chi connectivity index (χ4n) is 1.97. The number of aliphatic hydroxyl groups excluding tert-OH is 1. The zero-order chi connectivity index (χ0) is 17.6. The van der Waals surface area contributed by atoms with Crippen molar-refractivity contribution in [2.45, 2.75) is 45.6 Å². The lowest BCUT2D eigenvalue weighted by Gasteiger charge is -2.18. The maximum Gasteiger partial charge on any atom is 0.361 e. The highest BCUT2D eigenvalue weighted by Crippen LogP contribution is 2.10. The lowest BCUT2D eigenvalue weighted by molar-refractivity contribution is 0.00620. The number of benzene rings is 1.